The summed E-state index contributed by atoms with van der Waals surface area (Å²) >= 11 is 0. The number of para-hydroxylation sites is 3. The van der Waals surface area contributed by atoms with Crippen molar-refractivity contribution >= 4 is 90.5 Å². The fraction of sp³-hybridized carbons (Fsp3) is 0.360. The molecule has 8 aliphatic rings. The molecule has 2 saturated carbocycles. The van der Waals surface area contributed by atoms with Gasteiger partial charge in [0.25, 0.3) is 6.71 Å². The lowest BCUT2D eigenvalue weighted by Gasteiger charge is -2.51. The Kier molecular flexibility index (Phi) is 9.27. The average molecular weight is 1040 g/mol. The molecule has 80 heavy (non-hydrogen) atoms. The average Bonchev–Trinajstić information content (AvgIpc) is 2.27. The van der Waals surface area contributed by atoms with E-state index in [1.54, 1.807) is 5.56 Å². The minimum Gasteiger partial charge on any atom is -0.454 e. The van der Waals surface area contributed by atoms with Gasteiger partial charge in [-0.3, -0.25) is 0 Å². The van der Waals surface area contributed by atoms with Crippen molar-refractivity contribution in [1.82, 2.24) is 0 Å². The fourth-order valence-electron chi connectivity index (χ4n) is 18.1. The molecule has 4 heterocycles. The SMILES string of the molecule is CC1(C)CCC(C)(C)c2cc(N3c4cc5c(cc4B4c6c3cc(N3c7ccccc7C7(C)CCCCC37C)cc6N(c3cccc6c3oc3ccccc36)c3ccc6c(c34)C3CC3c3ccccc3-6)C(C)(C)CCC5(C)C)ccc21. The minimum atomic E-state index is -0.146. The summed E-state index contributed by atoms with van der Waals surface area (Å²) in [6.07, 6.45) is 10.6. The Bertz CT molecular complexity index is 4230. The lowest BCUT2D eigenvalue weighted by Crippen LogP contribution is -2.63. The summed E-state index contributed by atoms with van der Waals surface area (Å²) in [5, 5.41) is 2.31. The molecule has 5 heteroatoms. The molecular weight excluding hydrogens is 970 g/mol. The summed E-state index contributed by atoms with van der Waals surface area (Å²) in [5.74, 6) is 0.973. The smallest absolute Gasteiger partial charge is 0.252 e. The van der Waals surface area contributed by atoms with E-state index in [-0.39, 0.29) is 39.3 Å². The number of anilines is 8. The maximum atomic E-state index is 7.21. The van der Waals surface area contributed by atoms with E-state index >= 15 is 0 Å². The predicted octanol–water partition coefficient (Wildman–Crippen LogP) is 18.4. The molecule has 0 bridgehead atoms. The zero-order valence-electron chi connectivity index (χ0n) is 48.7. The van der Waals surface area contributed by atoms with Gasteiger partial charge in [-0.25, -0.2) is 0 Å². The van der Waals surface area contributed by atoms with E-state index < -0.39 is 0 Å². The number of rotatable bonds is 3. The highest BCUT2D eigenvalue weighted by Gasteiger charge is 2.59. The number of furan rings is 1. The summed E-state index contributed by atoms with van der Waals surface area (Å²) in [6.45, 7) is 25.2. The Morgan fingerprint density at radius 2 is 1.09 bits per heavy atom. The van der Waals surface area contributed by atoms with E-state index in [1.165, 1.54) is 133 Å². The van der Waals surface area contributed by atoms with Gasteiger partial charge in [-0.05, 0) is 206 Å². The standard InChI is InChI=1S/C75H74BN3O/c1-70(2)34-35-71(3,4)55-38-44(28-30-53(55)70)77-62-43-57-56(72(5,6)36-37-73(57,7)8)42-58(62)76-67-63(77)39-45(79-59-25-15-14-24-54(59)74(9)32-17-18-33-75(74,79)10)40-64(67)78(61-26-19-23-50-48-22-13-16-27-65(48)80-69(50)61)60-31-29-49-46-20-11-12-21-47(46)51-41-52(51)66(49)68(60)76/h11-16,19-31,38-40,42-43,51-52H,17-18,32-37,41H2,1-10H3. The second-order valence-electron chi connectivity index (χ2n) is 29.1. The molecule has 0 radical (unpaired) electrons. The highest BCUT2D eigenvalue weighted by molar-refractivity contribution is 7.00. The molecule has 4 atom stereocenters. The molecule has 0 spiro atoms. The summed E-state index contributed by atoms with van der Waals surface area (Å²) in [4.78, 5) is 8.34. The summed E-state index contributed by atoms with van der Waals surface area (Å²) in [7, 11) is 0. The molecule has 0 amide bonds. The molecule has 1 aromatic heterocycles. The maximum Gasteiger partial charge on any atom is 0.252 e. The minimum absolute atomic E-state index is 0.0106. The van der Waals surface area contributed by atoms with Gasteiger partial charge in [0.05, 0.1) is 11.2 Å². The van der Waals surface area contributed by atoms with Gasteiger partial charge in [-0.15, -0.1) is 0 Å². The van der Waals surface area contributed by atoms with E-state index in [2.05, 4.69) is 230 Å². The van der Waals surface area contributed by atoms with Crippen LogP contribution in [0, 0.1) is 0 Å². The van der Waals surface area contributed by atoms with Gasteiger partial charge in [-0.2, -0.15) is 0 Å². The third kappa shape index (κ3) is 6.05. The highest BCUT2D eigenvalue weighted by atomic mass is 16.3. The van der Waals surface area contributed by atoms with Crippen molar-refractivity contribution in [3.8, 4) is 11.1 Å². The molecule has 3 aliphatic heterocycles. The first kappa shape index (κ1) is 47.8. The Hall–Kier alpha value is -6.98. The van der Waals surface area contributed by atoms with Crippen LogP contribution >= 0.6 is 0 Å². The molecule has 2 fully saturated rings. The van der Waals surface area contributed by atoms with Crippen LogP contribution in [0.3, 0.4) is 0 Å². The maximum absolute atomic E-state index is 7.21. The number of fused-ring (bicyclic) bond motifs is 19. The van der Waals surface area contributed by atoms with Crippen LogP contribution < -0.4 is 31.1 Å². The summed E-state index contributed by atoms with van der Waals surface area (Å²) in [6, 6.07) is 58.0. The van der Waals surface area contributed by atoms with Crippen LogP contribution in [-0.4, -0.2) is 12.3 Å². The van der Waals surface area contributed by atoms with Gasteiger partial charge >= 0.3 is 0 Å². The quantitative estimate of drug-likeness (QED) is 0.165. The van der Waals surface area contributed by atoms with Crippen molar-refractivity contribution in [2.24, 2.45) is 0 Å². The first-order valence-electron chi connectivity index (χ1n) is 30.6. The molecular formula is C75H74BN3O. The van der Waals surface area contributed by atoms with Gasteiger partial charge < -0.3 is 19.1 Å². The molecule has 17 rings (SSSR count). The van der Waals surface area contributed by atoms with Gasteiger partial charge in [0.15, 0.2) is 5.58 Å². The first-order valence-corrected chi connectivity index (χ1v) is 30.6. The second kappa shape index (κ2) is 15.5. The van der Waals surface area contributed by atoms with Crippen LogP contribution in [0.25, 0.3) is 33.1 Å². The molecule has 9 aromatic rings. The molecule has 0 N–H and O–H groups in total. The third-order valence-corrected chi connectivity index (χ3v) is 23.0. The summed E-state index contributed by atoms with van der Waals surface area (Å²) in [5.41, 5.74) is 29.8. The van der Waals surface area contributed by atoms with Gasteiger partial charge in [0.1, 0.15) is 5.58 Å². The first-order chi connectivity index (χ1) is 38.4. The summed E-state index contributed by atoms with van der Waals surface area (Å²) < 4.78 is 7.21. The lowest BCUT2D eigenvalue weighted by molar-refractivity contribution is 0.195. The Morgan fingerprint density at radius 3 is 1.89 bits per heavy atom. The van der Waals surface area contributed by atoms with E-state index in [0.717, 1.165) is 53.3 Å². The molecule has 0 saturated heterocycles. The second-order valence-corrected chi connectivity index (χ2v) is 29.1. The Morgan fingerprint density at radius 1 is 0.438 bits per heavy atom. The van der Waals surface area contributed by atoms with Crippen LogP contribution in [0.1, 0.15) is 178 Å². The Balaban J connectivity index is 1.05. The van der Waals surface area contributed by atoms with Crippen LogP contribution in [0.15, 0.2) is 150 Å². The predicted molar refractivity (Wildman–Crippen MR) is 337 cm³/mol. The zero-order valence-corrected chi connectivity index (χ0v) is 48.7. The molecule has 5 aliphatic carbocycles. The van der Waals surface area contributed by atoms with E-state index in [1.807, 2.05) is 0 Å². The van der Waals surface area contributed by atoms with Crippen LogP contribution in [0.2, 0.25) is 0 Å². The van der Waals surface area contributed by atoms with Crippen molar-refractivity contribution in [3.63, 3.8) is 0 Å². The molecule has 4 nitrogen and oxygen atoms in total. The molecule has 8 aromatic carbocycles. The van der Waals surface area contributed by atoms with E-state index in [9.17, 15) is 0 Å². The molecule has 4 unspecified atom stereocenters. The van der Waals surface area contributed by atoms with Gasteiger partial charge in [0, 0.05) is 56.0 Å². The highest BCUT2D eigenvalue weighted by Crippen LogP contribution is 2.65. The normalized spacial score (nSPS) is 25.1. The topological polar surface area (TPSA) is 22.9 Å². The molecule has 398 valence electrons. The number of nitrogens with zero attached hydrogens (tertiary/aromatic N) is 3. The van der Waals surface area contributed by atoms with E-state index in [0.29, 0.717) is 11.8 Å². The van der Waals surface area contributed by atoms with Crippen LogP contribution in [0.4, 0.5) is 45.5 Å². The largest absolute Gasteiger partial charge is 0.454 e. The van der Waals surface area contributed by atoms with Crippen LogP contribution in [0.5, 0.6) is 0 Å². The van der Waals surface area contributed by atoms with Crippen molar-refractivity contribution in [3.05, 3.63) is 185 Å². The monoisotopic (exact) mass is 1040 g/mol. The number of hydrogen-bond donors (Lipinski definition) is 0. The number of hydrogen-bond acceptors (Lipinski definition) is 4. The van der Waals surface area contributed by atoms with Crippen LogP contribution in [-0.2, 0) is 27.1 Å². The van der Waals surface area contributed by atoms with Crippen molar-refractivity contribution < 1.29 is 4.42 Å². The van der Waals surface area contributed by atoms with Gasteiger partial charge in [-0.1, -0.05) is 166 Å². The number of benzene rings is 8. The van der Waals surface area contributed by atoms with Crippen molar-refractivity contribution in [2.75, 3.05) is 14.7 Å². The van der Waals surface area contributed by atoms with E-state index in [4.69, 9.17) is 4.42 Å². The van der Waals surface area contributed by atoms with Gasteiger partial charge in [0.2, 0.25) is 0 Å². The fourth-order valence-corrected chi connectivity index (χ4v) is 18.1. The van der Waals surface area contributed by atoms with Crippen molar-refractivity contribution in [1.29, 1.82) is 0 Å². The third-order valence-electron chi connectivity index (χ3n) is 23.0. The van der Waals surface area contributed by atoms with Crippen molar-refractivity contribution in [2.45, 2.75) is 171 Å². The zero-order chi connectivity index (χ0) is 54.4. The Labute approximate surface area is 474 Å². The lowest BCUT2D eigenvalue weighted by atomic mass is 9.32.